The number of rotatable bonds is 5. The lowest BCUT2D eigenvalue weighted by Crippen LogP contribution is -2.14. The number of benzene rings is 1. The number of nitrogens with zero attached hydrogens (tertiary/aromatic N) is 3. The first kappa shape index (κ1) is 17.6. The summed E-state index contributed by atoms with van der Waals surface area (Å²) in [6, 6.07) is 9.38. The molecule has 0 aliphatic rings. The Hall–Kier alpha value is -2.72. The maximum atomic E-state index is 12.1. The van der Waals surface area contributed by atoms with Gasteiger partial charge in [0.2, 0.25) is 5.95 Å². The Morgan fingerprint density at radius 2 is 1.88 bits per heavy atom. The molecule has 0 aliphatic heterocycles. The molecule has 6 nitrogen and oxygen atoms in total. The molecule has 0 aliphatic carbocycles. The molecule has 1 heterocycles. The number of carbonyl (C=O) groups excluding carboxylic acids is 1. The Bertz CT molecular complexity index is 776. The third-order valence-corrected chi connectivity index (χ3v) is 3.58. The fourth-order valence-corrected chi connectivity index (χ4v) is 2.03. The first-order chi connectivity index (χ1) is 11.5. The molecule has 0 unspecified atom stereocenters. The fraction of sp³-hybridized carbons (Fsp3) is 0.176. The fourth-order valence-electron chi connectivity index (χ4n) is 1.82. The van der Waals surface area contributed by atoms with E-state index in [4.69, 9.17) is 5.26 Å². The van der Waals surface area contributed by atoms with Gasteiger partial charge in [-0.15, -0.1) is 0 Å². The molecule has 0 fully saturated rings. The van der Waals surface area contributed by atoms with Gasteiger partial charge in [0.1, 0.15) is 11.6 Å². The molecule has 1 aromatic carbocycles. The summed E-state index contributed by atoms with van der Waals surface area (Å²) >= 11 is 3.23. The van der Waals surface area contributed by atoms with Crippen LogP contribution >= 0.6 is 15.9 Å². The molecule has 0 atom stereocenters. The molecule has 7 heteroatoms. The van der Waals surface area contributed by atoms with Crippen LogP contribution in [-0.4, -0.2) is 15.9 Å². The van der Waals surface area contributed by atoms with Crippen molar-refractivity contribution in [2.75, 3.05) is 10.6 Å². The zero-order chi connectivity index (χ0) is 17.5. The minimum atomic E-state index is -0.501. The van der Waals surface area contributed by atoms with Gasteiger partial charge in [-0.2, -0.15) is 5.26 Å². The number of halogens is 1. The maximum absolute atomic E-state index is 12.1. The summed E-state index contributed by atoms with van der Waals surface area (Å²) in [7, 11) is 0. The molecule has 1 aromatic heterocycles. The third-order valence-electron chi connectivity index (χ3n) is 3.17. The van der Waals surface area contributed by atoms with Gasteiger partial charge in [-0.3, -0.25) is 4.79 Å². The highest BCUT2D eigenvalue weighted by Crippen LogP contribution is 2.17. The molecule has 0 spiro atoms. The van der Waals surface area contributed by atoms with Gasteiger partial charge in [-0.05, 0) is 39.5 Å². The quantitative estimate of drug-likeness (QED) is 0.602. The lowest BCUT2D eigenvalue weighted by Gasteiger charge is -2.08. The molecule has 0 bridgehead atoms. The summed E-state index contributed by atoms with van der Waals surface area (Å²) in [5, 5.41) is 14.6. The lowest BCUT2D eigenvalue weighted by molar-refractivity contribution is -0.112. The van der Waals surface area contributed by atoms with Crippen molar-refractivity contribution in [3.05, 3.63) is 58.5 Å². The molecule has 0 saturated heterocycles. The van der Waals surface area contributed by atoms with Gasteiger partial charge in [0.15, 0.2) is 0 Å². The first-order valence-electron chi connectivity index (χ1n) is 7.25. The molecular formula is C17H16BrN5O. The second-order valence-electron chi connectivity index (χ2n) is 5.27. The maximum Gasteiger partial charge on any atom is 0.267 e. The number of hydrogen-bond acceptors (Lipinski definition) is 5. The minimum Gasteiger partial charge on any atom is -0.329 e. The van der Waals surface area contributed by atoms with Crippen LogP contribution in [0, 0.1) is 11.3 Å². The number of nitrogens with one attached hydrogen (secondary N) is 2. The van der Waals surface area contributed by atoms with Crippen LogP contribution in [0.4, 0.5) is 11.6 Å². The Balaban J connectivity index is 2.04. The van der Waals surface area contributed by atoms with E-state index in [1.807, 2.05) is 30.3 Å². The minimum absolute atomic E-state index is 0.0746. The van der Waals surface area contributed by atoms with Gasteiger partial charge in [-0.1, -0.05) is 26.0 Å². The van der Waals surface area contributed by atoms with Crippen molar-refractivity contribution in [3.63, 3.8) is 0 Å². The summed E-state index contributed by atoms with van der Waals surface area (Å²) in [5.74, 6) is 0.207. The van der Waals surface area contributed by atoms with Crippen LogP contribution in [-0.2, 0) is 4.79 Å². The summed E-state index contributed by atoms with van der Waals surface area (Å²) in [6.45, 7) is 4.19. The predicted octanol–water partition coefficient (Wildman–Crippen LogP) is 3.82. The van der Waals surface area contributed by atoms with Crippen molar-refractivity contribution in [2.45, 2.75) is 19.8 Å². The zero-order valence-corrected chi connectivity index (χ0v) is 14.8. The largest absolute Gasteiger partial charge is 0.329 e. The summed E-state index contributed by atoms with van der Waals surface area (Å²) in [6.07, 6.45) is 4.40. The second-order valence-corrected chi connectivity index (χ2v) is 6.19. The highest BCUT2D eigenvalue weighted by Gasteiger charge is 2.10. The van der Waals surface area contributed by atoms with E-state index in [0.717, 1.165) is 4.47 Å². The third kappa shape index (κ3) is 4.89. The smallest absolute Gasteiger partial charge is 0.267 e. The number of amides is 1. The molecule has 122 valence electrons. The van der Waals surface area contributed by atoms with Crippen LogP contribution < -0.4 is 10.6 Å². The second kappa shape index (κ2) is 8.22. The van der Waals surface area contributed by atoms with Crippen LogP contribution in [0.25, 0.3) is 0 Å². The molecule has 0 saturated carbocycles. The average Bonchev–Trinajstić information content (AvgIpc) is 2.57. The average molecular weight is 386 g/mol. The van der Waals surface area contributed by atoms with Crippen molar-refractivity contribution in [2.24, 2.45) is 0 Å². The van der Waals surface area contributed by atoms with Crippen molar-refractivity contribution >= 4 is 33.5 Å². The highest BCUT2D eigenvalue weighted by molar-refractivity contribution is 9.10. The van der Waals surface area contributed by atoms with E-state index in [9.17, 15) is 4.79 Å². The Kier molecular flexibility index (Phi) is 6.04. The van der Waals surface area contributed by atoms with E-state index in [2.05, 4.69) is 50.4 Å². The van der Waals surface area contributed by atoms with E-state index < -0.39 is 5.91 Å². The van der Waals surface area contributed by atoms with Crippen molar-refractivity contribution in [1.29, 1.82) is 5.26 Å². The molecular weight excluding hydrogens is 370 g/mol. The van der Waals surface area contributed by atoms with Crippen LogP contribution in [0.5, 0.6) is 0 Å². The van der Waals surface area contributed by atoms with Gasteiger partial charge < -0.3 is 10.6 Å². The van der Waals surface area contributed by atoms with E-state index in [1.165, 1.54) is 11.8 Å². The predicted molar refractivity (Wildman–Crippen MR) is 96.2 cm³/mol. The standard InChI is InChI=1S/C17H16BrN5O/c1-11(2)12-3-5-15(6-4-12)23-16(24)13(7-19)8-20-17-21-9-14(18)10-22-17/h3-6,8-11H,1-2H3,(H,23,24)(H,20,21,22)/b13-8-. The highest BCUT2D eigenvalue weighted by atomic mass is 79.9. The molecule has 0 radical (unpaired) electrons. The van der Waals surface area contributed by atoms with E-state index in [0.29, 0.717) is 17.6 Å². The summed E-state index contributed by atoms with van der Waals surface area (Å²) < 4.78 is 0.736. The number of anilines is 2. The van der Waals surface area contributed by atoms with Crippen molar-refractivity contribution in [1.82, 2.24) is 9.97 Å². The number of nitriles is 1. The molecule has 2 N–H and O–H groups in total. The summed E-state index contributed by atoms with van der Waals surface area (Å²) in [4.78, 5) is 20.1. The van der Waals surface area contributed by atoms with Gasteiger partial charge in [0.05, 0.1) is 4.47 Å². The molecule has 2 aromatic rings. The van der Waals surface area contributed by atoms with Crippen molar-refractivity contribution < 1.29 is 4.79 Å². The van der Waals surface area contributed by atoms with Crippen LogP contribution in [0.1, 0.15) is 25.3 Å². The van der Waals surface area contributed by atoms with Gasteiger partial charge >= 0.3 is 0 Å². The van der Waals surface area contributed by atoms with Crippen LogP contribution in [0.3, 0.4) is 0 Å². The SMILES string of the molecule is CC(C)c1ccc(NC(=O)/C(C#N)=C\Nc2ncc(Br)cn2)cc1. The topological polar surface area (TPSA) is 90.7 Å². The molecule has 2 rings (SSSR count). The van der Waals surface area contributed by atoms with E-state index in [-0.39, 0.29) is 5.57 Å². The Labute approximate surface area is 148 Å². The van der Waals surface area contributed by atoms with Gasteiger partial charge in [-0.25, -0.2) is 9.97 Å². The zero-order valence-electron chi connectivity index (χ0n) is 13.2. The monoisotopic (exact) mass is 385 g/mol. The number of carbonyl (C=O) groups is 1. The molecule has 24 heavy (non-hydrogen) atoms. The number of aromatic nitrogens is 2. The Morgan fingerprint density at radius 3 is 2.42 bits per heavy atom. The summed E-state index contributed by atoms with van der Waals surface area (Å²) in [5.41, 5.74) is 1.73. The van der Waals surface area contributed by atoms with Crippen LogP contribution in [0.15, 0.2) is 52.9 Å². The van der Waals surface area contributed by atoms with Gasteiger partial charge in [0, 0.05) is 24.3 Å². The normalized spacial score (nSPS) is 11.0. The first-order valence-corrected chi connectivity index (χ1v) is 8.04. The number of hydrogen-bond donors (Lipinski definition) is 2. The Morgan fingerprint density at radius 1 is 1.25 bits per heavy atom. The van der Waals surface area contributed by atoms with E-state index in [1.54, 1.807) is 12.4 Å². The molecule has 1 amide bonds. The van der Waals surface area contributed by atoms with E-state index >= 15 is 0 Å². The lowest BCUT2D eigenvalue weighted by atomic mass is 10.0. The van der Waals surface area contributed by atoms with Crippen LogP contribution in [0.2, 0.25) is 0 Å². The van der Waals surface area contributed by atoms with Gasteiger partial charge in [0.25, 0.3) is 5.91 Å². The van der Waals surface area contributed by atoms with Crippen molar-refractivity contribution in [3.8, 4) is 6.07 Å².